The first-order valence-corrected chi connectivity index (χ1v) is 11.9. The van der Waals surface area contributed by atoms with Crippen LogP contribution in [0.3, 0.4) is 0 Å². The van der Waals surface area contributed by atoms with Gasteiger partial charge in [-0.05, 0) is 38.2 Å². The Hall–Kier alpha value is -3.16. The molecular formula is C25H33N5O3. The highest BCUT2D eigenvalue weighted by Crippen LogP contribution is 2.27. The molecule has 0 radical (unpaired) electrons. The molecule has 2 aromatic rings. The van der Waals surface area contributed by atoms with Crippen molar-refractivity contribution in [1.82, 2.24) is 25.3 Å². The fourth-order valence-electron chi connectivity index (χ4n) is 4.66. The first kappa shape index (κ1) is 23.0. The Morgan fingerprint density at radius 1 is 1.15 bits per heavy atom. The Morgan fingerprint density at radius 3 is 2.61 bits per heavy atom. The van der Waals surface area contributed by atoms with Crippen molar-refractivity contribution < 1.29 is 14.4 Å². The summed E-state index contributed by atoms with van der Waals surface area (Å²) >= 11 is 0. The maximum atomic E-state index is 13.2. The highest BCUT2D eigenvalue weighted by atomic mass is 16.2. The Bertz CT molecular complexity index is 1010. The molecule has 1 saturated carbocycles. The van der Waals surface area contributed by atoms with Gasteiger partial charge in [-0.3, -0.25) is 19.1 Å². The molecule has 1 aromatic heterocycles. The molecule has 0 spiro atoms. The second-order valence-electron chi connectivity index (χ2n) is 9.36. The molecule has 2 heterocycles. The number of nitrogens with one attached hydrogen (secondary N) is 2. The van der Waals surface area contributed by atoms with Crippen molar-refractivity contribution in [3.63, 3.8) is 0 Å². The van der Waals surface area contributed by atoms with E-state index in [9.17, 15) is 14.4 Å². The van der Waals surface area contributed by atoms with E-state index in [1.54, 1.807) is 14.0 Å². The van der Waals surface area contributed by atoms with Gasteiger partial charge in [-0.25, -0.2) is 0 Å². The second kappa shape index (κ2) is 9.77. The van der Waals surface area contributed by atoms with Gasteiger partial charge < -0.3 is 15.5 Å². The van der Waals surface area contributed by atoms with Gasteiger partial charge in [0, 0.05) is 25.7 Å². The molecule has 8 heteroatoms. The minimum Gasteiger partial charge on any atom is -0.351 e. The topological polar surface area (TPSA) is 96.3 Å². The summed E-state index contributed by atoms with van der Waals surface area (Å²) in [7, 11) is 1.64. The third-order valence-corrected chi connectivity index (χ3v) is 6.93. The van der Waals surface area contributed by atoms with Crippen LogP contribution >= 0.6 is 0 Å². The molecule has 0 saturated heterocycles. The summed E-state index contributed by atoms with van der Waals surface area (Å²) in [5, 5.41) is 10.4. The van der Waals surface area contributed by atoms with E-state index in [0.29, 0.717) is 12.2 Å². The number of benzene rings is 1. The van der Waals surface area contributed by atoms with Gasteiger partial charge in [0.25, 0.3) is 11.8 Å². The fraction of sp³-hybridized carbons (Fsp3) is 0.520. The number of rotatable bonds is 7. The van der Waals surface area contributed by atoms with E-state index in [-0.39, 0.29) is 36.0 Å². The number of fused-ring (bicyclic) bond motifs is 1. The lowest BCUT2D eigenvalue weighted by molar-refractivity contribution is -0.133. The molecule has 4 rings (SSSR count). The van der Waals surface area contributed by atoms with E-state index in [1.807, 2.05) is 18.2 Å². The van der Waals surface area contributed by atoms with Crippen LogP contribution in [0.15, 0.2) is 36.4 Å². The summed E-state index contributed by atoms with van der Waals surface area (Å²) in [4.78, 5) is 40.3. The maximum absolute atomic E-state index is 13.2. The van der Waals surface area contributed by atoms with Crippen molar-refractivity contribution in [3.8, 4) is 0 Å². The molecule has 1 aliphatic carbocycles. The van der Waals surface area contributed by atoms with E-state index in [0.717, 1.165) is 38.5 Å². The number of nitrogens with zero attached hydrogens (tertiary/aromatic N) is 3. The van der Waals surface area contributed by atoms with Crippen LogP contribution in [0.2, 0.25) is 0 Å². The SMILES string of the molecule is CN1C(=O)c2cc(C(=O)NCCCc3ccccc3)nn2C[C@@]1(C)C(=O)NC1CCCCC1. The van der Waals surface area contributed by atoms with Crippen molar-refractivity contribution in [2.24, 2.45) is 0 Å². The number of aromatic nitrogens is 2. The maximum Gasteiger partial charge on any atom is 0.272 e. The van der Waals surface area contributed by atoms with Crippen LogP contribution in [0.4, 0.5) is 0 Å². The number of amides is 3. The van der Waals surface area contributed by atoms with Gasteiger partial charge in [0.05, 0.1) is 6.54 Å². The Balaban J connectivity index is 1.39. The van der Waals surface area contributed by atoms with Crippen LogP contribution in [0, 0.1) is 0 Å². The fourth-order valence-corrected chi connectivity index (χ4v) is 4.66. The molecule has 176 valence electrons. The van der Waals surface area contributed by atoms with Crippen LogP contribution in [-0.4, -0.2) is 57.6 Å². The average molecular weight is 452 g/mol. The van der Waals surface area contributed by atoms with Gasteiger partial charge >= 0.3 is 0 Å². The first-order valence-electron chi connectivity index (χ1n) is 11.9. The van der Waals surface area contributed by atoms with Crippen molar-refractivity contribution in [2.45, 2.75) is 70.0 Å². The van der Waals surface area contributed by atoms with E-state index in [1.165, 1.54) is 27.6 Å². The third kappa shape index (κ3) is 4.94. The van der Waals surface area contributed by atoms with Gasteiger partial charge in [0.15, 0.2) is 5.69 Å². The van der Waals surface area contributed by atoms with Crippen LogP contribution in [-0.2, 0) is 17.8 Å². The van der Waals surface area contributed by atoms with Gasteiger partial charge in [-0.2, -0.15) is 5.10 Å². The molecule has 1 aromatic carbocycles. The molecule has 0 bridgehead atoms. The van der Waals surface area contributed by atoms with Crippen molar-refractivity contribution in [2.75, 3.05) is 13.6 Å². The number of aryl methyl sites for hydroxylation is 1. The van der Waals surface area contributed by atoms with Crippen molar-refractivity contribution >= 4 is 17.7 Å². The van der Waals surface area contributed by atoms with E-state index in [4.69, 9.17) is 0 Å². The summed E-state index contributed by atoms with van der Waals surface area (Å²) in [5.41, 5.74) is 0.693. The number of hydrogen-bond donors (Lipinski definition) is 2. The molecule has 0 unspecified atom stereocenters. The summed E-state index contributed by atoms with van der Waals surface area (Å²) < 4.78 is 1.50. The Labute approximate surface area is 194 Å². The zero-order valence-electron chi connectivity index (χ0n) is 19.5. The largest absolute Gasteiger partial charge is 0.351 e. The number of carbonyl (C=O) groups excluding carboxylic acids is 3. The minimum atomic E-state index is -1.06. The molecule has 2 N–H and O–H groups in total. The zero-order valence-corrected chi connectivity index (χ0v) is 19.5. The quantitative estimate of drug-likeness (QED) is 0.633. The molecule has 33 heavy (non-hydrogen) atoms. The predicted molar refractivity (Wildman–Crippen MR) is 125 cm³/mol. The third-order valence-electron chi connectivity index (χ3n) is 6.93. The van der Waals surface area contributed by atoms with E-state index >= 15 is 0 Å². The van der Waals surface area contributed by atoms with Gasteiger partial charge in [0.2, 0.25) is 5.91 Å². The summed E-state index contributed by atoms with van der Waals surface area (Å²) in [5.74, 6) is -0.787. The zero-order chi connectivity index (χ0) is 23.4. The predicted octanol–water partition coefficient (Wildman–Crippen LogP) is 2.54. The van der Waals surface area contributed by atoms with E-state index in [2.05, 4.69) is 27.9 Å². The normalized spacial score (nSPS) is 20.9. The van der Waals surface area contributed by atoms with Crippen molar-refractivity contribution in [1.29, 1.82) is 0 Å². The van der Waals surface area contributed by atoms with Crippen LogP contribution in [0.25, 0.3) is 0 Å². The summed E-state index contributed by atoms with van der Waals surface area (Å²) in [6.45, 7) is 2.49. The molecule has 1 atom stereocenters. The smallest absolute Gasteiger partial charge is 0.272 e. The number of likely N-dealkylation sites (N-methyl/N-ethyl adjacent to an activating group) is 1. The van der Waals surface area contributed by atoms with Crippen LogP contribution < -0.4 is 10.6 Å². The molecule has 1 fully saturated rings. The lowest BCUT2D eigenvalue weighted by Gasteiger charge is -2.41. The van der Waals surface area contributed by atoms with Crippen molar-refractivity contribution in [3.05, 3.63) is 53.3 Å². The number of hydrogen-bond acceptors (Lipinski definition) is 4. The highest BCUT2D eigenvalue weighted by molar-refractivity contribution is 6.01. The Morgan fingerprint density at radius 2 is 1.88 bits per heavy atom. The lowest BCUT2D eigenvalue weighted by atomic mass is 9.92. The van der Waals surface area contributed by atoms with E-state index < -0.39 is 5.54 Å². The van der Waals surface area contributed by atoms with Crippen LogP contribution in [0.5, 0.6) is 0 Å². The summed E-state index contributed by atoms with van der Waals surface area (Å²) in [6, 6.07) is 11.8. The number of carbonyl (C=O) groups is 3. The minimum absolute atomic E-state index is 0.155. The second-order valence-corrected chi connectivity index (χ2v) is 9.36. The molecule has 8 nitrogen and oxygen atoms in total. The standard InChI is InChI=1S/C25H33N5O3/c1-25(24(33)27-19-13-7-4-8-14-19)17-30-21(23(32)29(25)2)16-20(28-30)22(31)26-15-9-12-18-10-5-3-6-11-18/h3,5-6,10-11,16,19H,4,7-9,12-15,17H2,1-2H3,(H,26,31)(H,27,33)/t25-/m0/s1. The lowest BCUT2D eigenvalue weighted by Crippen LogP contribution is -2.63. The average Bonchev–Trinajstić information content (AvgIpc) is 3.25. The monoisotopic (exact) mass is 451 g/mol. The Kier molecular flexibility index (Phi) is 6.81. The molecule has 1 aliphatic heterocycles. The molecular weight excluding hydrogens is 418 g/mol. The summed E-state index contributed by atoms with van der Waals surface area (Å²) in [6.07, 6.45) is 7.06. The van der Waals surface area contributed by atoms with Gasteiger partial charge in [-0.1, -0.05) is 49.6 Å². The van der Waals surface area contributed by atoms with Gasteiger partial charge in [0.1, 0.15) is 11.2 Å². The molecule has 2 aliphatic rings. The first-order chi connectivity index (χ1) is 15.9. The van der Waals surface area contributed by atoms with Crippen LogP contribution in [0.1, 0.15) is 72.0 Å². The highest BCUT2D eigenvalue weighted by Gasteiger charge is 2.46. The molecule has 3 amide bonds. The van der Waals surface area contributed by atoms with Gasteiger partial charge in [-0.15, -0.1) is 0 Å².